The van der Waals surface area contributed by atoms with Gasteiger partial charge in [-0.3, -0.25) is 10.2 Å². The third kappa shape index (κ3) is 7.65. The molecule has 0 aliphatic heterocycles. The van der Waals surface area contributed by atoms with E-state index >= 15 is 0 Å². The summed E-state index contributed by atoms with van der Waals surface area (Å²) in [5.74, 6) is 5.40. The SMILES string of the molecule is CC(C)(C)OCCOCCOc1ccc(C(=O)NN)cc1. The monoisotopic (exact) mass is 296 g/mol. The maximum atomic E-state index is 11.2. The van der Waals surface area contributed by atoms with Crippen LogP contribution in [0.1, 0.15) is 31.1 Å². The molecular formula is C15H24N2O4. The summed E-state index contributed by atoms with van der Waals surface area (Å²) in [4.78, 5) is 11.2. The first-order valence-electron chi connectivity index (χ1n) is 6.88. The van der Waals surface area contributed by atoms with Gasteiger partial charge in [-0.1, -0.05) is 0 Å². The van der Waals surface area contributed by atoms with Crippen LogP contribution in [-0.2, 0) is 9.47 Å². The van der Waals surface area contributed by atoms with Crippen LogP contribution in [0.25, 0.3) is 0 Å². The van der Waals surface area contributed by atoms with Crippen molar-refractivity contribution in [2.75, 3.05) is 26.4 Å². The molecule has 118 valence electrons. The van der Waals surface area contributed by atoms with Gasteiger partial charge in [0.2, 0.25) is 0 Å². The molecule has 21 heavy (non-hydrogen) atoms. The van der Waals surface area contributed by atoms with Crippen LogP contribution in [0.4, 0.5) is 0 Å². The van der Waals surface area contributed by atoms with Crippen LogP contribution in [0.2, 0.25) is 0 Å². The Morgan fingerprint density at radius 3 is 2.29 bits per heavy atom. The summed E-state index contributed by atoms with van der Waals surface area (Å²) in [6.07, 6.45) is 0. The molecule has 1 amide bonds. The standard InChI is InChI=1S/C15H24N2O4/c1-15(2,3)21-11-9-19-8-10-20-13-6-4-12(5-7-13)14(18)17-16/h4-7H,8-11,16H2,1-3H3,(H,17,18). The lowest BCUT2D eigenvalue weighted by molar-refractivity contribution is -0.0375. The molecule has 0 atom stereocenters. The molecule has 0 spiro atoms. The first kappa shape index (κ1) is 17.4. The highest BCUT2D eigenvalue weighted by atomic mass is 16.5. The van der Waals surface area contributed by atoms with E-state index < -0.39 is 0 Å². The molecule has 1 aromatic rings. The molecule has 6 heteroatoms. The molecule has 0 heterocycles. The van der Waals surface area contributed by atoms with E-state index in [2.05, 4.69) is 5.43 Å². The maximum Gasteiger partial charge on any atom is 0.265 e. The zero-order chi connectivity index (χ0) is 15.7. The molecule has 0 unspecified atom stereocenters. The van der Waals surface area contributed by atoms with Crippen molar-refractivity contribution in [3.05, 3.63) is 29.8 Å². The predicted octanol–water partition coefficient (Wildman–Crippen LogP) is 1.50. The Labute approximate surface area is 125 Å². The Bertz CT molecular complexity index is 426. The van der Waals surface area contributed by atoms with Crippen LogP contribution in [-0.4, -0.2) is 37.9 Å². The van der Waals surface area contributed by atoms with E-state index in [1.807, 2.05) is 20.8 Å². The van der Waals surface area contributed by atoms with E-state index in [0.29, 0.717) is 37.7 Å². The second-order valence-corrected chi connectivity index (χ2v) is 5.42. The Kier molecular flexibility index (Phi) is 7.14. The number of nitrogens with one attached hydrogen (secondary N) is 1. The third-order valence-corrected chi connectivity index (χ3v) is 2.51. The molecule has 0 saturated carbocycles. The fraction of sp³-hybridized carbons (Fsp3) is 0.533. The number of hydrogen-bond donors (Lipinski definition) is 2. The van der Waals surface area contributed by atoms with Crippen LogP contribution < -0.4 is 16.0 Å². The van der Waals surface area contributed by atoms with E-state index in [0.717, 1.165) is 0 Å². The third-order valence-electron chi connectivity index (χ3n) is 2.51. The summed E-state index contributed by atoms with van der Waals surface area (Å²) < 4.78 is 16.4. The highest BCUT2D eigenvalue weighted by Gasteiger charge is 2.08. The van der Waals surface area contributed by atoms with Crippen molar-refractivity contribution in [1.29, 1.82) is 0 Å². The van der Waals surface area contributed by atoms with Crippen LogP contribution >= 0.6 is 0 Å². The number of hydrazine groups is 1. The maximum absolute atomic E-state index is 11.2. The van der Waals surface area contributed by atoms with Gasteiger partial charge in [0.05, 0.1) is 25.4 Å². The summed E-state index contributed by atoms with van der Waals surface area (Å²) >= 11 is 0. The molecule has 0 saturated heterocycles. The smallest absolute Gasteiger partial charge is 0.265 e. The van der Waals surface area contributed by atoms with Crippen LogP contribution in [0, 0.1) is 0 Å². The second kappa shape index (κ2) is 8.61. The van der Waals surface area contributed by atoms with Gasteiger partial charge in [0, 0.05) is 5.56 Å². The summed E-state index contributed by atoms with van der Waals surface area (Å²) in [5.41, 5.74) is 2.42. The van der Waals surface area contributed by atoms with Gasteiger partial charge in [0.1, 0.15) is 12.4 Å². The van der Waals surface area contributed by atoms with Gasteiger partial charge in [0.15, 0.2) is 0 Å². The van der Waals surface area contributed by atoms with Crippen molar-refractivity contribution in [3.63, 3.8) is 0 Å². The number of amides is 1. The lowest BCUT2D eigenvalue weighted by Crippen LogP contribution is -2.29. The molecule has 3 N–H and O–H groups in total. The van der Waals surface area contributed by atoms with Gasteiger partial charge in [-0.25, -0.2) is 5.84 Å². The molecule has 0 bridgehead atoms. The molecule has 0 fully saturated rings. The van der Waals surface area contributed by atoms with Crippen LogP contribution in [0.5, 0.6) is 5.75 Å². The number of carbonyl (C=O) groups excluding carboxylic acids is 1. The van der Waals surface area contributed by atoms with Crippen LogP contribution in [0.15, 0.2) is 24.3 Å². The number of carbonyl (C=O) groups is 1. The second-order valence-electron chi connectivity index (χ2n) is 5.42. The average molecular weight is 296 g/mol. The Morgan fingerprint density at radius 2 is 1.71 bits per heavy atom. The Balaban J connectivity index is 2.14. The number of nitrogen functional groups attached to an aromatic ring is 1. The van der Waals surface area contributed by atoms with Gasteiger partial charge in [0.25, 0.3) is 5.91 Å². The highest BCUT2D eigenvalue weighted by molar-refractivity contribution is 5.93. The Morgan fingerprint density at radius 1 is 1.10 bits per heavy atom. The summed E-state index contributed by atoms with van der Waals surface area (Å²) in [7, 11) is 0. The highest BCUT2D eigenvalue weighted by Crippen LogP contribution is 2.12. The number of benzene rings is 1. The van der Waals surface area contributed by atoms with Crippen molar-refractivity contribution in [2.24, 2.45) is 5.84 Å². The van der Waals surface area contributed by atoms with Gasteiger partial charge in [-0.05, 0) is 45.0 Å². The molecule has 0 radical (unpaired) electrons. The number of ether oxygens (including phenoxy) is 3. The van der Waals surface area contributed by atoms with E-state index in [4.69, 9.17) is 20.1 Å². The normalized spacial score (nSPS) is 11.2. The summed E-state index contributed by atoms with van der Waals surface area (Å²) in [6.45, 7) is 8.04. The minimum Gasteiger partial charge on any atom is -0.491 e. The molecule has 0 aliphatic rings. The van der Waals surface area contributed by atoms with Gasteiger partial charge in [-0.2, -0.15) is 0 Å². The fourth-order valence-electron chi connectivity index (χ4n) is 1.51. The summed E-state index contributed by atoms with van der Waals surface area (Å²) in [5, 5.41) is 0. The molecule has 1 rings (SSSR count). The van der Waals surface area contributed by atoms with Crippen molar-refractivity contribution < 1.29 is 19.0 Å². The molecule has 0 aromatic heterocycles. The topological polar surface area (TPSA) is 82.8 Å². The number of nitrogens with two attached hydrogens (primary N) is 1. The zero-order valence-electron chi connectivity index (χ0n) is 12.8. The fourth-order valence-corrected chi connectivity index (χ4v) is 1.51. The predicted molar refractivity (Wildman–Crippen MR) is 80.1 cm³/mol. The molecule has 0 aliphatic carbocycles. The van der Waals surface area contributed by atoms with Crippen molar-refractivity contribution in [3.8, 4) is 5.75 Å². The zero-order valence-corrected chi connectivity index (χ0v) is 12.8. The molecule has 1 aromatic carbocycles. The average Bonchev–Trinajstić information content (AvgIpc) is 2.45. The number of rotatable bonds is 8. The van der Waals surface area contributed by atoms with Crippen molar-refractivity contribution in [2.45, 2.75) is 26.4 Å². The van der Waals surface area contributed by atoms with Crippen LogP contribution in [0.3, 0.4) is 0 Å². The lowest BCUT2D eigenvalue weighted by atomic mass is 10.2. The number of hydrogen-bond acceptors (Lipinski definition) is 5. The van der Waals surface area contributed by atoms with E-state index in [-0.39, 0.29) is 11.5 Å². The van der Waals surface area contributed by atoms with E-state index in [1.165, 1.54) is 0 Å². The van der Waals surface area contributed by atoms with E-state index in [9.17, 15) is 4.79 Å². The largest absolute Gasteiger partial charge is 0.491 e. The first-order valence-corrected chi connectivity index (χ1v) is 6.88. The first-order chi connectivity index (χ1) is 9.92. The summed E-state index contributed by atoms with van der Waals surface area (Å²) in [6, 6.07) is 6.73. The lowest BCUT2D eigenvalue weighted by Gasteiger charge is -2.19. The quantitative estimate of drug-likeness (QED) is 0.329. The molecule has 6 nitrogen and oxygen atoms in total. The Hall–Kier alpha value is -1.63. The van der Waals surface area contributed by atoms with Crippen molar-refractivity contribution in [1.82, 2.24) is 5.43 Å². The van der Waals surface area contributed by atoms with E-state index in [1.54, 1.807) is 24.3 Å². The minimum atomic E-state index is -0.330. The van der Waals surface area contributed by atoms with Gasteiger partial charge in [-0.15, -0.1) is 0 Å². The van der Waals surface area contributed by atoms with Gasteiger partial charge < -0.3 is 14.2 Å². The molecular weight excluding hydrogens is 272 g/mol. The van der Waals surface area contributed by atoms with Gasteiger partial charge >= 0.3 is 0 Å². The van der Waals surface area contributed by atoms with Crippen molar-refractivity contribution >= 4 is 5.91 Å². The minimum absolute atomic E-state index is 0.141.